The number of hydrogen-bond donors (Lipinski definition) is 0. The SMILES string of the molecule is O=C(c1ccoc1Cl)N1CCC(C(F)(F)F)CC1. The molecule has 0 radical (unpaired) electrons. The minimum atomic E-state index is -4.18. The topological polar surface area (TPSA) is 33.5 Å². The number of likely N-dealkylation sites (tertiary alicyclic amines) is 1. The Kier molecular flexibility index (Phi) is 3.56. The van der Waals surface area contributed by atoms with Crippen LogP contribution in [-0.4, -0.2) is 30.1 Å². The lowest BCUT2D eigenvalue weighted by Crippen LogP contribution is -2.42. The standard InChI is InChI=1S/C11H11ClF3NO2/c12-9-8(3-6-18-9)10(17)16-4-1-7(2-5-16)11(13,14)15/h3,6-7H,1-2,4-5H2. The molecule has 0 spiro atoms. The predicted molar refractivity (Wildman–Crippen MR) is 58.4 cm³/mol. The van der Waals surface area contributed by atoms with E-state index < -0.39 is 12.1 Å². The van der Waals surface area contributed by atoms with Gasteiger partial charge < -0.3 is 9.32 Å². The molecule has 1 aromatic heterocycles. The highest BCUT2D eigenvalue weighted by Gasteiger charge is 2.41. The van der Waals surface area contributed by atoms with Gasteiger partial charge in [0.05, 0.1) is 17.7 Å². The molecular formula is C11H11ClF3NO2. The van der Waals surface area contributed by atoms with Crippen LogP contribution in [-0.2, 0) is 0 Å². The van der Waals surface area contributed by atoms with Crippen LogP contribution in [0.25, 0.3) is 0 Å². The Hall–Kier alpha value is -1.17. The molecule has 1 amide bonds. The molecule has 0 aromatic carbocycles. The fourth-order valence-corrected chi connectivity index (χ4v) is 2.22. The average molecular weight is 282 g/mol. The van der Waals surface area contributed by atoms with E-state index in [9.17, 15) is 18.0 Å². The smallest absolute Gasteiger partial charge is 0.391 e. The molecule has 18 heavy (non-hydrogen) atoms. The molecule has 100 valence electrons. The molecule has 0 unspecified atom stereocenters. The molecule has 1 aliphatic heterocycles. The zero-order valence-electron chi connectivity index (χ0n) is 9.34. The van der Waals surface area contributed by atoms with Gasteiger partial charge in [0, 0.05) is 13.1 Å². The van der Waals surface area contributed by atoms with Gasteiger partial charge in [-0.05, 0) is 30.5 Å². The fraction of sp³-hybridized carbons (Fsp3) is 0.545. The lowest BCUT2D eigenvalue weighted by Gasteiger charge is -2.32. The molecule has 1 aromatic rings. The number of hydrogen-bond acceptors (Lipinski definition) is 2. The minimum Gasteiger partial charge on any atom is -0.452 e. The van der Waals surface area contributed by atoms with Crippen LogP contribution < -0.4 is 0 Å². The molecule has 0 aliphatic carbocycles. The van der Waals surface area contributed by atoms with Crippen LogP contribution >= 0.6 is 11.6 Å². The third-order valence-electron chi connectivity index (χ3n) is 3.09. The van der Waals surface area contributed by atoms with E-state index in [0.717, 1.165) is 0 Å². The van der Waals surface area contributed by atoms with Crippen molar-refractivity contribution in [2.24, 2.45) is 5.92 Å². The second-order valence-corrected chi connectivity index (χ2v) is 4.56. The van der Waals surface area contributed by atoms with Gasteiger partial charge >= 0.3 is 6.18 Å². The van der Waals surface area contributed by atoms with Gasteiger partial charge in [-0.15, -0.1) is 0 Å². The molecule has 0 bridgehead atoms. The number of alkyl halides is 3. The molecule has 2 rings (SSSR count). The van der Waals surface area contributed by atoms with Crippen LogP contribution in [0.2, 0.25) is 5.22 Å². The van der Waals surface area contributed by atoms with Crippen molar-refractivity contribution in [3.63, 3.8) is 0 Å². The highest BCUT2D eigenvalue weighted by Crippen LogP contribution is 2.34. The average Bonchev–Trinajstić information content (AvgIpc) is 2.73. The lowest BCUT2D eigenvalue weighted by molar-refractivity contribution is -0.183. The van der Waals surface area contributed by atoms with Gasteiger partial charge in [-0.1, -0.05) is 0 Å². The summed E-state index contributed by atoms with van der Waals surface area (Å²) in [4.78, 5) is 13.3. The summed E-state index contributed by atoms with van der Waals surface area (Å²) in [6.07, 6.45) is -3.03. The molecule has 1 fully saturated rings. The van der Waals surface area contributed by atoms with Gasteiger partial charge in [0.15, 0.2) is 0 Å². The second-order valence-electron chi connectivity index (χ2n) is 4.22. The number of piperidine rings is 1. The summed E-state index contributed by atoms with van der Waals surface area (Å²) >= 11 is 5.66. The zero-order valence-corrected chi connectivity index (χ0v) is 10.1. The van der Waals surface area contributed by atoms with Crippen molar-refractivity contribution in [3.8, 4) is 0 Å². The lowest BCUT2D eigenvalue weighted by atomic mass is 9.96. The highest BCUT2D eigenvalue weighted by molar-refractivity contribution is 6.32. The summed E-state index contributed by atoms with van der Waals surface area (Å²) in [5.41, 5.74) is 0.196. The number of halogens is 4. The van der Waals surface area contributed by atoms with Crippen LogP contribution in [0.3, 0.4) is 0 Å². The number of rotatable bonds is 1. The maximum absolute atomic E-state index is 12.5. The van der Waals surface area contributed by atoms with Gasteiger partial charge in [-0.2, -0.15) is 13.2 Å². The Morgan fingerprint density at radius 3 is 2.44 bits per heavy atom. The van der Waals surface area contributed by atoms with Gasteiger partial charge in [0.1, 0.15) is 0 Å². The van der Waals surface area contributed by atoms with Crippen molar-refractivity contribution in [1.82, 2.24) is 4.90 Å². The maximum atomic E-state index is 12.5. The van der Waals surface area contributed by atoms with E-state index in [1.165, 1.54) is 17.2 Å². The first kappa shape index (κ1) is 13.3. The zero-order chi connectivity index (χ0) is 13.3. The van der Waals surface area contributed by atoms with E-state index in [0.29, 0.717) is 0 Å². The van der Waals surface area contributed by atoms with Gasteiger partial charge in [0.25, 0.3) is 5.91 Å². The minimum absolute atomic E-state index is 0.0297. The van der Waals surface area contributed by atoms with Crippen LogP contribution in [0, 0.1) is 5.92 Å². The van der Waals surface area contributed by atoms with E-state index in [1.807, 2.05) is 0 Å². The molecule has 7 heteroatoms. The van der Waals surface area contributed by atoms with Crippen molar-refractivity contribution in [1.29, 1.82) is 0 Å². The first-order valence-electron chi connectivity index (χ1n) is 5.48. The number of amides is 1. The van der Waals surface area contributed by atoms with Crippen LogP contribution in [0.15, 0.2) is 16.7 Å². The summed E-state index contributed by atoms with van der Waals surface area (Å²) in [6.45, 7) is 0.176. The van der Waals surface area contributed by atoms with Crippen molar-refractivity contribution in [2.75, 3.05) is 13.1 Å². The Labute approximate surface area is 106 Å². The Morgan fingerprint density at radius 2 is 2.00 bits per heavy atom. The predicted octanol–water partition coefficient (Wildman–Crippen LogP) is 3.35. The number of nitrogens with zero attached hydrogens (tertiary/aromatic N) is 1. The molecule has 1 aliphatic rings. The molecule has 1 saturated heterocycles. The molecule has 3 nitrogen and oxygen atoms in total. The number of carbonyl (C=O) groups is 1. The van der Waals surface area contributed by atoms with E-state index in [4.69, 9.17) is 16.0 Å². The Bertz CT molecular complexity index is 436. The summed E-state index contributed by atoms with van der Waals surface area (Å²) in [5, 5.41) is -0.0297. The van der Waals surface area contributed by atoms with Crippen molar-refractivity contribution in [3.05, 3.63) is 23.1 Å². The third kappa shape index (κ3) is 2.63. The first-order valence-corrected chi connectivity index (χ1v) is 5.86. The number of furan rings is 1. The monoisotopic (exact) mass is 281 g/mol. The first-order chi connectivity index (χ1) is 8.39. The molecule has 0 N–H and O–H groups in total. The summed E-state index contributed by atoms with van der Waals surface area (Å²) < 4.78 is 42.2. The molecular weight excluding hydrogens is 271 g/mol. The molecule has 0 atom stereocenters. The number of carbonyl (C=O) groups excluding carboxylic acids is 1. The van der Waals surface area contributed by atoms with E-state index in [2.05, 4.69) is 0 Å². The summed E-state index contributed by atoms with van der Waals surface area (Å²) in [7, 11) is 0. The van der Waals surface area contributed by atoms with Crippen LogP contribution in [0.1, 0.15) is 23.2 Å². The van der Waals surface area contributed by atoms with Crippen molar-refractivity contribution >= 4 is 17.5 Å². The molecule has 2 heterocycles. The highest BCUT2D eigenvalue weighted by atomic mass is 35.5. The summed E-state index contributed by atoms with van der Waals surface area (Å²) in [5.74, 6) is -1.70. The Morgan fingerprint density at radius 1 is 1.39 bits per heavy atom. The fourth-order valence-electron chi connectivity index (χ4n) is 2.03. The van der Waals surface area contributed by atoms with Crippen molar-refractivity contribution in [2.45, 2.75) is 19.0 Å². The van der Waals surface area contributed by atoms with Gasteiger partial charge in [0.2, 0.25) is 5.22 Å². The Balaban J connectivity index is 1.99. The van der Waals surface area contributed by atoms with Crippen LogP contribution in [0.5, 0.6) is 0 Å². The van der Waals surface area contributed by atoms with Crippen LogP contribution in [0.4, 0.5) is 13.2 Å². The van der Waals surface area contributed by atoms with Gasteiger partial charge in [-0.25, -0.2) is 0 Å². The second kappa shape index (κ2) is 4.84. The third-order valence-corrected chi connectivity index (χ3v) is 3.39. The summed E-state index contributed by atoms with van der Waals surface area (Å²) in [6, 6.07) is 1.42. The van der Waals surface area contributed by atoms with Crippen molar-refractivity contribution < 1.29 is 22.4 Å². The maximum Gasteiger partial charge on any atom is 0.391 e. The van der Waals surface area contributed by atoms with E-state index in [-0.39, 0.29) is 42.6 Å². The normalized spacial score (nSPS) is 18.1. The van der Waals surface area contributed by atoms with Gasteiger partial charge in [-0.3, -0.25) is 4.79 Å². The van der Waals surface area contributed by atoms with E-state index >= 15 is 0 Å². The largest absolute Gasteiger partial charge is 0.452 e. The quantitative estimate of drug-likeness (QED) is 0.791. The van der Waals surface area contributed by atoms with E-state index in [1.54, 1.807) is 0 Å². The molecule has 0 saturated carbocycles.